The van der Waals surface area contributed by atoms with E-state index in [-0.39, 0.29) is 18.4 Å². The van der Waals surface area contributed by atoms with Crippen LogP contribution in [0.5, 0.6) is 0 Å². The Hall–Kier alpha value is -1.50. The van der Waals surface area contributed by atoms with E-state index in [0.29, 0.717) is 19.6 Å². The standard InChI is InChI=1S/C13H22N6O2S/c1-12(8-14)9-17(2)22(20,21)19-6-3-4-13(11-19)10-18-7-5-15-16-18/h5,7,12-13H,3-4,6,9-11H2,1-2H3/t12-,13-/m0/s1. The van der Waals surface area contributed by atoms with Gasteiger partial charge < -0.3 is 0 Å². The lowest BCUT2D eigenvalue weighted by Crippen LogP contribution is -2.48. The van der Waals surface area contributed by atoms with Gasteiger partial charge in [0.2, 0.25) is 0 Å². The molecule has 0 unspecified atom stereocenters. The monoisotopic (exact) mass is 326 g/mol. The Morgan fingerprint density at radius 3 is 2.95 bits per heavy atom. The number of piperidine rings is 1. The second kappa shape index (κ2) is 7.17. The predicted molar refractivity (Wildman–Crippen MR) is 80.6 cm³/mol. The molecule has 0 amide bonds. The highest BCUT2D eigenvalue weighted by molar-refractivity contribution is 7.86. The van der Waals surface area contributed by atoms with E-state index in [1.165, 1.54) is 15.7 Å². The van der Waals surface area contributed by atoms with Gasteiger partial charge in [-0.3, -0.25) is 4.68 Å². The van der Waals surface area contributed by atoms with Crippen molar-refractivity contribution in [3.05, 3.63) is 12.4 Å². The summed E-state index contributed by atoms with van der Waals surface area (Å²) in [7, 11) is -1.98. The van der Waals surface area contributed by atoms with Gasteiger partial charge in [-0.1, -0.05) is 5.21 Å². The zero-order valence-corrected chi connectivity index (χ0v) is 13.8. The molecule has 9 heteroatoms. The third-order valence-electron chi connectivity index (χ3n) is 3.87. The minimum atomic E-state index is -3.51. The van der Waals surface area contributed by atoms with E-state index in [9.17, 15) is 8.42 Å². The Morgan fingerprint density at radius 1 is 1.55 bits per heavy atom. The van der Waals surface area contributed by atoms with E-state index in [4.69, 9.17) is 5.26 Å². The summed E-state index contributed by atoms with van der Waals surface area (Å²) in [4.78, 5) is 0. The van der Waals surface area contributed by atoms with Crippen molar-refractivity contribution in [3.8, 4) is 6.07 Å². The number of aromatic nitrogens is 3. The molecule has 0 aliphatic carbocycles. The molecule has 1 aromatic heterocycles. The number of nitrogens with zero attached hydrogens (tertiary/aromatic N) is 6. The molecule has 1 saturated heterocycles. The second-order valence-electron chi connectivity index (χ2n) is 5.81. The normalized spacial score (nSPS) is 21.6. The van der Waals surface area contributed by atoms with Crippen LogP contribution in [0.25, 0.3) is 0 Å². The van der Waals surface area contributed by atoms with Crippen molar-refractivity contribution in [1.82, 2.24) is 23.6 Å². The Morgan fingerprint density at radius 2 is 2.32 bits per heavy atom. The molecule has 2 atom stereocenters. The van der Waals surface area contributed by atoms with Crippen LogP contribution in [0.2, 0.25) is 0 Å². The van der Waals surface area contributed by atoms with Gasteiger partial charge in [0.25, 0.3) is 10.2 Å². The van der Waals surface area contributed by atoms with Gasteiger partial charge in [-0.2, -0.15) is 22.3 Å². The van der Waals surface area contributed by atoms with E-state index < -0.39 is 10.2 Å². The fourth-order valence-corrected chi connectivity index (χ4v) is 4.26. The summed E-state index contributed by atoms with van der Waals surface area (Å²) in [6, 6.07) is 2.07. The number of hydrogen-bond donors (Lipinski definition) is 0. The van der Waals surface area contributed by atoms with Crippen molar-refractivity contribution in [2.24, 2.45) is 11.8 Å². The molecular weight excluding hydrogens is 304 g/mol. The SMILES string of the molecule is C[C@@H](C#N)CN(C)S(=O)(=O)N1CCC[C@@H](Cn2ccnn2)C1. The highest BCUT2D eigenvalue weighted by Crippen LogP contribution is 2.22. The number of rotatable bonds is 6. The molecule has 0 bridgehead atoms. The van der Waals surface area contributed by atoms with Crippen molar-refractivity contribution >= 4 is 10.2 Å². The topological polar surface area (TPSA) is 95.1 Å². The van der Waals surface area contributed by atoms with Crippen LogP contribution in [0.15, 0.2) is 12.4 Å². The summed E-state index contributed by atoms with van der Waals surface area (Å²) in [5.41, 5.74) is 0. The average Bonchev–Trinajstić information content (AvgIpc) is 3.00. The molecule has 1 aliphatic rings. The summed E-state index contributed by atoms with van der Waals surface area (Å²) in [5.74, 6) is -0.0949. The molecule has 0 N–H and O–H groups in total. The van der Waals surface area contributed by atoms with Crippen molar-refractivity contribution in [1.29, 1.82) is 5.26 Å². The summed E-state index contributed by atoms with van der Waals surface area (Å²) in [6.07, 6.45) is 5.22. The predicted octanol–water partition coefficient (Wildman–Crippen LogP) is 0.326. The third-order valence-corrected chi connectivity index (χ3v) is 5.79. The molecule has 0 spiro atoms. The van der Waals surface area contributed by atoms with Gasteiger partial charge in [-0.05, 0) is 25.7 Å². The van der Waals surface area contributed by atoms with Crippen LogP contribution in [0.1, 0.15) is 19.8 Å². The van der Waals surface area contributed by atoms with Gasteiger partial charge in [-0.15, -0.1) is 5.10 Å². The van der Waals surface area contributed by atoms with E-state index in [2.05, 4.69) is 16.4 Å². The van der Waals surface area contributed by atoms with Gasteiger partial charge in [0.15, 0.2) is 0 Å². The lowest BCUT2D eigenvalue weighted by Gasteiger charge is -2.34. The molecule has 1 fully saturated rings. The van der Waals surface area contributed by atoms with Crippen LogP contribution in [-0.4, -0.2) is 58.7 Å². The summed E-state index contributed by atoms with van der Waals surface area (Å²) < 4.78 is 29.7. The average molecular weight is 326 g/mol. The Kier molecular flexibility index (Phi) is 5.50. The molecule has 0 saturated carbocycles. The van der Waals surface area contributed by atoms with Crippen LogP contribution in [0.4, 0.5) is 0 Å². The minimum Gasteiger partial charge on any atom is -0.252 e. The van der Waals surface area contributed by atoms with Crippen molar-refractivity contribution in [2.75, 3.05) is 26.7 Å². The largest absolute Gasteiger partial charge is 0.281 e. The third kappa shape index (κ3) is 4.03. The van der Waals surface area contributed by atoms with Crippen molar-refractivity contribution in [3.63, 3.8) is 0 Å². The fraction of sp³-hybridized carbons (Fsp3) is 0.769. The first-order valence-corrected chi connectivity index (χ1v) is 8.78. The maximum absolute atomic E-state index is 12.6. The fourth-order valence-electron chi connectivity index (χ4n) is 2.70. The molecular formula is C13H22N6O2S. The molecule has 0 radical (unpaired) electrons. The molecule has 1 aromatic rings. The van der Waals surface area contributed by atoms with Gasteiger partial charge >= 0.3 is 0 Å². The van der Waals surface area contributed by atoms with Gasteiger partial charge in [0, 0.05) is 39.4 Å². The highest BCUT2D eigenvalue weighted by atomic mass is 32.2. The maximum atomic E-state index is 12.6. The minimum absolute atomic E-state index is 0.211. The highest BCUT2D eigenvalue weighted by Gasteiger charge is 2.32. The summed E-state index contributed by atoms with van der Waals surface area (Å²) >= 11 is 0. The summed E-state index contributed by atoms with van der Waals surface area (Å²) in [5, 5.41) is 16.5. The van der Waals surface area contributed by atoms with Crippen LogP contribution >= 0.6 is 0 Å². The summed E-state index contributed by atoms with van der Waals surface area (Å²) in [6.45, 7) is 3.61. The van der Waals surface area contributed by atoms with Crippen LogP contribution < -0.4 is 0 Å². The van der Waals surface area contributed by atoms with Gasteiger partial charge in [-0.25, -0.2) is 0 Å². The first-order chi connectivity index (χ1) is 10.4. The Bertz CT molecular complexity index is 609. The van der Waals surface area contributed by atoms with E-state index in [0.717, 1.165) is 12.8 Å². The quantitative estimate of drug-likeness (QED) is 0.750. The second-order valence-corrected chi connectivity index (χ2v) is 7.85. The van der Waals surface area contributed by atoms with E-state index in [1.807, 2.05) is 0 Å². The Labute approximate surface area is 131 Å². The zero-order valence-electron chi connectivity index (χ0n) is 13.0. The van der Waals surface area contributed by atoms with Crippen molar-refractivity contribution in [2.45, 2.75) is 26.3 Å². The van der Waals surface area contributed by atoms with Crippen LogP contribution in [0, 0.1) is 23.2 Å². The smallest absolute Gasteiger partial charge is 0.252 e. The van der Waals surface area contributed by atoms with E-state index in [1.54, 1.807) is 24.0 Å². The molecule has 8 nitrogen and oxygen atoms in total. The first-order valence-electron chi connectivity index (χ1n) is 7.38. The van der Waals surface area contributed by atoms with Crippen LogP contribution in [0.3, 0.4) is 0 Å². The first kappa shape index (κ1) is 16.9. The lowest BCUT2D eigenvalue weighted by atomic mass is 10.00. The Balaban J connectivity index is 1.99. The van der Waals surface area contributed by atoms with Gasteiger partial charge in [0.05, 0.1) is 18.2 Å². The molecule has 22 heavy (non-hydrogen) atoms. The van der Waals surface area contributed by atoms with Gasteiger partial charge in [0.1, 0.15) is 0 Å². The molecule has 2 rings (SSSR count). The maximum Gasteiger partial charge on any atom is 0.281 e. The number of hydrogen-bond acceptors (Lipinski definition) is 5. The van der Waals surface area contributed by atoms with Crippen molar-refractivity contribution < 1.29 is 8.42 Å². The van der Waals surface area contributed by atoms with Crippen LogP contribution in [-0.2, 0) is 16.8 Å². The van der Waals surface area contributed by atoms with E-state index >= 15 is 0 Å². The lowest BCUT2D eigenvalue weighted by molar-refractivity contribution is 0.226. The molecule has 1 aliphatic heterocycles. The number of nitriles is 1. The molecule has 2 heterocycles. The molecule has 122 valence electrons. The zero-order chi connectivity index (χ0) is 16.2. The molecule has 0 aromatic carbocycles.